The fourth-order valence-electron chi connectivity index (χ4n) is 2.08. The number of alkyl halides is 4. The highest BCUT2D eigenvalue weighted by Crippen LogP contribution is 2.43. The maximum atomic E-state index is 13.2. The Morgan fingerprint density at radius 2 is 1.86 bits per heavy atom. The lowest BCUT2D eigenvalue weighted by Gasteiger charge is -2.22. The Bertz CT molecular complexity index is 614. The predicted molar refractivity (Wildman–Crippen MR) is 83.5 cm³/mol. The minimum Gasteiger partial charge on any atom is -0.261 e. The van der Waals surface area contributed by atoms with Crippen molar-refractivity contribution in [3.8, 4) is 0 Å². The van der Waals surface area contributed by atoms with E-state index < -0.39 is 16.6 Å². The van der Waals surface area contributed by atoms with Crippen molar-refractivity contribution in [3.63, 3.8) is 0 Å². The molecule has 2 aromatic rings. The van der Waals surface area contributed by atoms with Crippen LogP contribution in [0, 0.1) is 0 Å². The first kappa shape index (κ1) is 16.5. The average molecular weight is 423 g/mol. The monoisotopic (exact) mass is 421 g/mol. The van der Waals surface area contributed by atoms with Gasteiger partial charge < -0.3 is 0 Å². The number of hydrogen-bond donors (Lipinski definition) is 0. The van der Waals surface area contributed by atoms with Crippen LogP contribution in [0.1, 0.15) is 34.5 Å². The van der Waals surface area contributed by atoms with E-state index in [0.29, 0.717) is 4.47 Å². The minimum absolute atomic E-state index is 0.187. The van der Waals surface area contributed by atoms with E-state index in [0.717, 1.165) is 11.8 Å². The molecule has 0 N–H and O–H groups in total. The molecule has 0 amide bonds. The Morgan fingerprint density at radius 3 is 2.43 bits per heavy atom. The number of halogens is 5. The summed E-state index contributed by atoms with van der Waals surface area (Å²) in [7, 11) is 0. The van der Waals surface area contributed by atoms with E-state index in [-0.39, 0.29) is 11.5 Å². The summed E-state index contributed by atoms with van der Waals surface area (Å²) < 4.78 is 40.0. The molecule has 1 heterocycles. The van der Waals surface area contributed by atoms with Crippen LogP contribution in [0.3, 0.4) is 0 Å². The third-order valence-electron chi connectivity index (χ3n) is 3.21. The van der Waals surface area contributed by atoms with E-state index in [4.69, 9.17) is 0 Å². The highest BCUT2D eigenvalue weighted by atomic mass is 79.9. The summed E-state index contributed by atoms with van der Waals surface area (Å²) >= 11 is 6.49. The Balaban J connectivity index is 2.42. The van der Waals surface area contributed by atoms with Gasteiger partial charge in [-0.05, 0) is 29.8 Å². The molecule has 0 bridgehead atoms. The molecule has 1 aromatic heterocycles. The first-order chi connectivity index (χ1) is 9.80. The van der Waals surface area contributed by atoms with E-state index in [9.17, 15) is 13.2 Å². The number of aromatic nitrogens is 1. The van der Waals surface area contributed by atoms with E-state index in [1.54, 1.807) is 18.3 Å². The van der Waals surface area contributed by atoms with Crippen molar-refractivity contribution in [2.45, 2.75) is 23.8 Å². The fraction of sp³-hybridized carbons (Fsp3) is 0.267. The van der Waals surface area contributed by atoms with Gasteiger partial charge in [0.15, 0.2) is 0 Å². The van der Waals surface area contributed by atoms with Crippen LogP contribution in [-0.2, 0) is 6.18 Å². The molecule has 1 aromatic carbocycles. The zero-order chi connectivity index (χ0) is 15.6. The number of benzene rings is 1. The van der Waals surface area contributed by atoms with Crippen LogP contribution in [0.25, 0.3) is 0 Å². The number of rotatable bonds is 3. The van der Waals surface area contributed by atoms with Crippen molar-refractivity contribution in [1.82, 2.24) is 4.98 Å². The molecular formula is C15H12Br2F3N. The lowest BCUT2D eigenvalue weighted by atomic mass is 9.94. The average Bonchev–Trinajstić information content (AvgIpc) is 2.45. The van der Waals surface area contributed by atoms with E-state index in [2.05, 4.69) is 36.8 Å². The summed E-state index contributed by atoms with van der Waals surface area (Å²) in [4.78, 5) is 3.74. The maximum absolute atomic E-state index is 13.2. The molecule has 112 valence electrons. The molecule has 0 aliphatic heterocycles. The van der Waals surface area contributed by atoms with Crippen molar-refractivity contribution in [3.05, 3.63) is 63.9 Å². The van der Waals surface area contributed by atoms with Gasteiger partial charge in [0.1, 0.15) is 0 Å². The summed E-state index contributed by atoms with van der Waals surface area (Å²) in [5.74, 6) is -0.187. The van der Waals surface area contributed by atoms with Gasteiger partial charge in [-0.2, -0.15) is 13.2 Å². The topological polar surface area (TPSA) is 12.9 Å². The molecule has 0 saturated carbocycles. The molecule has 0 radical (unpaired) electrons. The first-order valence-electron chi connectivity index (χ1n) is 6.22. The summed E-state index contributed by atoms with van der Waals surface area (Å²) in [6, 6.07) is 9.63. The second kappa shape index (κ2) is 6.48. The molecular weight excluding hydrogens is 411 g/mol. The van der Waals surface area contributed by atoms with Gasteiger partial charge in [0.2, 0.25) is 0 Å². The summed E-state index contributed by atoms with van der Waals surface area (Å²) in [5, 5.41) is 0. The molecule has 21 heavy (non-hydrogen) atoms. The largest absolute Gasteiger partial charge is 0.416 e. The standard InChI is InChI=1S/C15H12Br2F3N/c1-9(13-4-2-3-7-21-13)14(17)11-6-5-10(16)8-12(11)15(18,19)20/h2-9,14H,1H3. The predicted octanol–water partition coefficient (Wildman–Crippen LogP) is 6.10. The van der Waals surface area contributed by atoms with Crippen LogP contribution < -0.4 is 0 Å². The second-order valence-corrected chi connectivity index (χ2v) is 6.58. The molecule has 0 saturated heterocycles. The Morgan fingerprint density at radius 1 is 1.14 bits per heavy atom. The van der Waals surface area contributed by atoms with Gasteiger partial charge in [-0.3, -0.25) is 4.98 Å². The van der Waals surface area contributed by atoms with Crippen molar-refractivity contribution < 1.29 is 13.2 Å². The van der Waals surface area contributed by atoms with Crippen LogP contribution in [0.15, 0.2) is 47.1 Å². The highest BCUT2D eigenvalue weighted by molar-refractivity contribution is 9.10. The molecule has 2 atom stereocenters. The Hall–Kier alpha value is -0.880. The maximum Gasteiger partial charge on any atom is 0.416 e. The van der Waals surface area contributed by atoms with Gasteiger partial charge in [-0.15, -0.1) is 0 Å². The van der Waals surface area contributed by atoms with Gasteiger partial charge >= 0.3 is 6.18 Å². The number of hydrogen-bond acceptors (Lipinski definition) is 1. The van der Waals surface area contributed by atoms with Gasteiger partial charge in [0.25, 0.3) is 0 Å². The molecule has 1 nitrogen and oxygen atoms in total. The lowest BCUT2D eigenvalue weighted by Crippen LogP contribution is -2.13. The van der Waals surface area contributed by atoms with Gasteiger partial charge in [0, 0.05) is 27.1 Å². The molecule has 0 spiro atoms. The normalized spacial score (nSPS) is 14.8. The van der Waals surface area contributed by atoms with Crippen LogP contribution in [0.4, 0.5) is 13.2 Å². The van der Waals surface area contributed by atoms with Crippen molar-refractivity contribution >= 4 is 31.9 Å². The molecule has 0 aliphatic carbocycles. The molecule has 0 fully saturated rings. The van der Waals surface area contributed by atoms with Crippen LogP contribution in [0.2, 0.25) is 0 Å². The third-order valence-corrected chi connectivity index (χ3v) is 4.99. The van der Waals surface area contributed by atoms with Gasteiger partial charge in [-0.1, -0.05) is 50.9 Å². The van der Waals surface area contributed by atoms with Crippen LogP contribution in [0.5, 0.6) is 0 Å². The van der Waals surface area contributed by atoms with Crippen molar-refractivity contribution in [2.75, 3.05) is 0 Å². The summed E-state index contributed by atoms with van der Waals surface area (Å²) in [6.07, 6.45) is -2.76. The third kappa shape index (κ3) is 3.86. The quantitative estimate of drug-likeness (QED) is 0.544. The van der Waals surface area contributed by atoms with E-state index in [1.165, 1.54) is 6.07 Å². The SMILES string of the molecule is CC(c1ccccn1)C(Br)c1ccc(Br)cc1C(F)(F)F. The Labute approximate surface area is 137 Å². The summed E-state index contributed by atoms with van der Waals surface area (Å²) in [6.45, 7) is 1.85. The van der Waals surface area contributed by atoms with Crippen molar-refractivity contribution in [1.29, 1.82) is 0 Å². The molecule has 6 heteroatoms. The number of nitrogens with zero attached hydrogens (tertiary/aromatic N) is 1. The summed E-state index contributed by atoms with van der Waals surface area (Å²) in [5.41, 5.74) is 0.320. The molecule has 0 aliphatic rings. The smallest absolute Gasteiger partial charge is 0.261 e. The van der Waals surface area contributed by atoms with Gasteiger partial charge in [-0.25, -0.2) is 0 Å². The van der Waals surface area contributed by atoms with E-state index in [1.807, 2.05) is 19.1 Å². The zero-order valence-electron chi connectivity index (χ0n) is 11.0. The fourth-order valence-corrected chi connectivity index (χ4v) is 3.11. The number of pyridine rings is 1. The minimum atomic E-state index is -4.39. The second-order valence-electron chi connectivity index (χ2n) is 4.67. The zero-order valence-corrected chi connectivity index (χ0v) is 14.2. The molecule has 2 unspecified atom stereocenters. The Kier molecular flexibility index (Phi) is 5.09. The van der Waals surface area contributed by atoms with Crippen molar-refractivity contribution in [2.24, 2.45) is 0 Å². The lowest BCUT2D eigenvalue weighted by molar-refractivity contribution is -0.138. The first-order valence-corrected chi connectivity index (χ1v) is 7.93. The highest BCUT2D eigenvalue weighted by Gasteiger charge is 2.36. The van der Waals surface area contributed by atoms with E-state index >= 15 is 0 Å². The molecule has 2 rings (SSSR count). The van der Waals surface area contributed by atoms with Crippen LogP contribution >= 0.6 is 31.9 Å². The van der Waals surface area contributed by atoms with Gasteiger partial charge in [0.05, 0.1) is 5.56 Å². The van der Waals surface area contributed by atoms with Crippen LogP contribution in [-0.4, -0.2) is 4.98 Å².